The van der Waals surface area contributed by atoms with E-state index in [4.69, 9.17) is 4.74 Å². The highest BCUT2D eigenvalue weighted by Gasteiger charge is 2.34. The first-order chi connectivity index (χ1) is 17.7. The van der Waals surface area contributed by atoms with Gasteiger partial charge in [-0.1, -0.05) is 0 Å². The number of nitrogens with one attached hydrogen (secondary N) is 2. The summed E-state index contributed by atoms with van der Waals surface area (Å²) in [7, 11) is 0. The Morgan fingerprint density at radius 2 is 1.84 bits per heavy atom. The van der Waals surface area contributed by atoms with E-state index in [-0.39, 0.29) is 63.0 Å². The highest BCUT2D eigenvalue weighted by Crippen LogP contribution is 2.31. The van der Waals surface area contributed by atoms with E-state index in [0.29, 0.717) is 0 Å². The molecule has 2 fully saturated rings. The maximum atomic E-state index is 15.1. The van der Waals surface area contributed by atoms with Crippen LogP contribution in [0.1, 0.15) is 5.56 Å². The standard InChI is InChI=1S/C23H24F4N6O4/c24-17-10-15(32-13-16(37-23(32)36)12-29-22(35)21(26)27)11-18(25)20(17)31-6-5-30-33(8-7-31)19(34)9-14-1-3-28-4-2-14/h1-4,10-11,16,21,30H,5-9,12-13H2,(H,29,35). The lowest BCUT2D eigenvalue weighted by atomic mass is 10.2. The van der Waals surface area contributed by atoms with Gasteiger partial charge < -0.3 is 15.0 Å². The molecule has 1 aromatic carbocycles. The van der Waals surface area contributed by atoms with Crippen LogP contribution in [0.15, 0.2) is 36.7 Å². The van der Waals surface area contributed by atoms with E-state index >= 15 is 8.78 Å². The molecular formula is C23H24F4N6O4. The van der Waals surface area contributed by atoms with Gasteiger partial charge in [-0.05, 0) is 17.7 Å². The van der Waals surface area contributed by atoms with E-state index in [9.17, 15) is 23.2 Å². The van der Waals surface area contributed by atoms with Crippen LogP contribution in [0.3, 0.4) is 0 Å². The second-order valence-electron chi connectivity index (χ2n) is 8.39. The Morgan fingerprint density at radius 1 is 1.14 bits per heavy atom. The lowest BCUT2D eigenvalue weighted by molar-refractivity contribution is -0.133. The molecule has 1 unspecified atom stereocenters. The van der Waals surface area contributed by atoms with Crippen LogP contribution in [0, 0.1) is 11.6 Å². The number of hydrazine groups is 1. The molecule has 1 atom stereocenters. The lowest BCUT2D eigenvalue weighted by Crippen LogP contribution is -2.44. The summed E-state index contributed by atoms with van der Waals surface area (Å²) in [6.45, 7) is 0.237. The van der Waals surface area contributed by atoms with Crippen LogP contribution in [0.4, 0.5) is 33.7 Å². The quantitative estimate of drug-likeness (QED) is 0.529. The van der Waals surface area contributed by atoms with Crippen molar-refractivity contribution < 1.29 is 36.7 Å². The number of aromatic nitrogens is 1. The van der Waals surface area contributed by atoms with Gasteiger partial charge in [0.1, 0.15) is 11.8 Å². The zero-order valence-electron chi connectivity index (χ0n) is 19.5. The van der Waals surface area contributed by atoms with Crippen LogP contribution in [0.5, 0.6) is 0 Å². The summed E-state index contributed by atoms with van der Waals surface area (Å²) in [6.07, 6.45) is -1.79. The number of pyridine rings is 1. The molecule has 2 N–H and O–H groups in total. The number of hydrogen-bond donors (Lipinski definition) is 2. The van der Waals surface area contributed by atoms with E-state index in [2.05, 4.69) is 10.4 Å². The Bertz CT molecular complexity index is 1130. The van der Waals surface area contributed by atoms with Crippen LogP contribution in [0.2, 0.25) is 0 Å². The average Bonchev–Trinajstić information content (AvgIpc) is 3.07. The Morgan fingerprint density at radius 3 is 2.51 bits per heavy atom. The molecule has 0 saturated carbocycles. The van der Waals surface area contributed by atoms with Crippen LogP contribution < -0.4 is 20.5 Å². The molecule has 3 amide bonds. The molecule has 3 heterocycles. The molecule has 0 spiro atoms. The molecule has 198 valence electrons. The summed E-state index contributed by atoms with van der Waals surface area (Å²) in [4.78, 5) is 42.2. The highest BCUT2D eigenvalue weighted by molar-refractivity contribution is 5.90. The number of amides is 3. The second-order valence-corrected chi connectivity index (χ2v) is 8.39. The number of halogens is 4. The first-order valence-corrected chi connectivity index (χ1v) is 11.4. The summed E-state index contributed by atoms with van der Waals surface area (Å²) in [6, 6.07) is 5.41. The van der Waals surface area contributed by atoms with E-state index in [0.717, 1.165) is 22.6 Å². The molecule has 2 aliphatic heterocycles. The fourth-order valence-electron chi connectivity index (χ4n) is 4.08. The van der Waals surface area contributed by atoms with Crippen LogP contribution in [-0.4, -0.2) is 79.7 Å². The van der Waals surface area contributed by atoms with Crippen molar-refractivity contribution >= 4 is 29.3 Å². The molecule has 2 aliphatic rings. The van der Waals surface area contributed by atoms with Gasteiger partial charge >= 0.3 is 12.5 Å². The zero-order valence-corrected chi connectivity index (χ0v) is 19.5. The number of rotatable bonds is 7. The number of carbonyl (C=O) groups excluding carboxylic acids is 3. The topological polar surface area (TPSA) is 107 Å². The number of nitrogens with zero attached hydrogens (tertiary/aromatic N) is 4. The number of hydrogen-bond acceptors (Lipinski definition) is 7. The van der Waals surface area contributed by atoms with E-state index in [1.807, 2.05) is 5.32 Å². The summed E-state index contributed by atoms with van der Waals surface area (Å²) >= 11 is 0. The molecule has 0 bridgehead atoms. The summed E-state index contributed by atoms with van der Waals surface area (Å²) in [5, 5.41) is 3.35. The number of alkyl halides is 2. The highest BCUT2D eigenvalue weighted by atomic mass is 19.3. The van der Waals surface area contributed by atoms with Crippen molar-refractivity contribution in [1.82, 2.24) is 20.7 Å². The smallest absolute Gasteiger partial charge is 0.414 e. The first-order valence-electron chi connectivity index (χ1n) is 11.4. The van der Waals surface area contributed by atoms with Crippen molar-refractivity contribution in [1.29, 1.82) is 0 Å². The van der Waals surface area contributed by atoms with Gasteiger partial charge in [-0.2, -0.15) is 8.78 Å². The Hall–Kier alpha value is -3.94. The molecule has 1 aromatic heterocycles. The van der Waals surface area contributed by atoms with Crippen molar-refractivity contribution in [2.45, 2.75) is 19.0 Å². The predicted octanol–water partition coefficient (Wildman–Crippen LogP) is 1.46. The van der Waals surface area contributed by atoms with Gasteiger partial charge in [-0.15, -0.1) is 0 Å². The number of benzene rings is 1. The summed E-state index contributed by atoms with van der Waals surface area (Å²) in [5.41, 5.74) is 3.34. The largest absolute Gasteiger partial charge is 0.442 e. The van der Waals surface area contributed by atoms with Crippen molar-refractivity contribution in [3.05, 3.63) is 53.9 Å². The molecule has 2 saturated heterocycles. The molecular weight excluding hydrogens is 500 g/mol. The molecule has 0 aliphatic carbocycles. The van der Waals surface area contributed by atoms with Crippen LogP contribution >= 0.6 is 0 Å². The molecule has 14 heteroatoms. The maximum absolute atomic E-state index is 15.1. The van der Waals surface area contributed by atoms with Crippen LogP contribution in [0.25, 0.3) is 0 Å². The van der Waals surface area contributed by atoms with Crippen molar-refractivity contribution in [3.8, 4) is 0 Å². The monoisotopic (exact) mass is 524 g/mol. The minimum atomic E-state index is -3.22. The third-order valence-electron chi connectivity index (χ3n) is 5.89. The van der Waals surface area contributed by atoms with E-state index < -0.39 is 36.2 Å². The first kappa shape index (κ1) is 26.1. The molecule has 2 aromatic rings. The predicted molar refractivity (Wildman–Crippen MR) is 123 cm³/mol. The lowest BCUT2D eigenvalue weighted by Gasteiger charge is -2.25. The minimum absolute atomic E-state index is 0.117. The Balaban J connectivity index is 1.39. The number of cyclic esters (lactones) is 1. The molecule has 4 rings (SSSR count). The van der Waals surface area contributed by atoms with Gasteiger partial charge in [0.05, 0.1) is 31.7 Å². The fourth-order valence-corrected chi connectivity index (χ4v) is 4.08. The number of anilines is 2. The second kappa shape index (κ2) is 11.4. The summed E-state index contributed by atoms with van der Waals surface area (Å²) in [5.74, 6) is -3.56. The minimum Gasteiger partial charge on any atom is -0.442 e. The molecule has 0 radical (unpaired) electrons. The maximum Gasteiger partial charge on any atom is 0.414 e. The van der Waals surface area contributed by atoms with Crippen molar-refractivity contribution in [3.63, 3.8) is 0 Å². The third kappa shape index (κ3) is 6.25. The Kier molecular flexibility index (Phi) is 8.06. The van der Waals surface area contributed by atoms with E-state index in [1.54, 1.807) is 24.5 Å². The average molecular weight is 524 g/mol. The van der Waals surface area contributed by atoms with Gasteiger partial charge in [0.2, 0.25) is 5.91 Å². The number of carbonyl (C=O) groups is 3. The van der Waals surface area contributed by atoms with Gasteiger partial charge in [0.15, 0.2) is 11.6 Å². The number of ether oxygens (including phenoxy) is 1. The normalized spacial score (nSPS) is 18.1. The SMILES string of the molecule is O=C(NCC1CN(c2cc(F)c(N3CCNN(C(=O)Cc4ccncc4)CC3)c(F)c2)C(=O)O1)C(F)F. The van der Waals surface area contributed by atoms with Crippen molar-refractivity contribution in [2.24, 2.45) is 0 Å². The van der Waals surface area contributed by atoms with Gasteiger partial charge in [0, 0.05) is 44.2 Å². The van der Waals surface area contributed by atoms with E-state index in [1.165, 1.54) is 9.91 Å². The summed E-state index contributed by atoms with van der Waals surface area (Å²) < 4.78 is 59.8. The third-order valence-corrected chi connectivity index (χ3v) is 5.89. The van der Waals surface area contributed by atoms with Gasteiger partial charge in [-0.25, -0.2) is 19.0 Å². The fraction of sp³-hybridized carbons (Fsp3) is 0.391. The van der Waals surface area contributed by atoms with Crippen molar-refractivity contribution in [2.75, 3.05) is 49.1 Å². The Labute approximate surface area is 209 Å². The molecule has 37 heavy (non-hydrogen) atoms. The van der Waals surface area contributed by atoms with Crippen LogP contribution in [-0.2, 0) is 20.7 Å². The molecule has 10 nitrogen and oxygen atoms in total. The zero-order chi connectivity index (χ0) is 26.5. The van der Waals surface area contributed by atoms with Gasteiger partial charge in [0.25, 0.3) is 5.91 Å². The van der Waals surface area contributed by atoms with Gasteiger partial charge in [-0.3, -0.25) is 24.5 Å².